The van der Waals surface area contributed by atoms with Crippen molar-refractivity contribution in [2.75, 3.05) is 6.61 Å². The molecular formula is C11H18O3. The molecule has 0 bridgehead atoms. The molecule has 0 aliphatic carbocycles. The van der Waals surface area contributed by atoms with Crippen molar-refractivity contribution in [3.05, 3.63) is 23.8 Å². The monoisotopic (exact) mass is 198 g/mol. The third-order valence-corrected chi connectivity index (χ3v) is 1.56. The highest BCUT2D eigenvalue weighted by atomic mass is 16.5. The second-order valence-electron chi connectivity index (χ2n) is 3.08. The predicted octanol–water partition coefficient (Wildman–Crippen LogP) is 1.82. The van der Waals surface area contributed by atoms with Gasteiger partial charge in [0.15, 0.2) is 0 Å². The summed E-state index contributed by atoms with van der Waals surface area (Å²) in [4.78, 5) is 11.1. The summed E-state index contributed by atoms with van der Waals surface area (Å²) in [6, 6.07) is 0. The molecule has 0 spiro atoms. The molecule has 0 aromatic rings. The number of ether oxygens (including phenoxy) is 1. The molecule has 0 aromatic carbocycles. The van der Waals surface area contributed by atoms with Crippen LogP contribution < -0.4 is 0 Å². The van der Waals surface area contributed by atoms with Crippen LogP contribution in [0.5, 0.6) is 0 Å². The molecule has 0 amide bonds. The Morgan fingerprint density at radius 3 is 2.71 bits per heavy atom. The maximum Gasteiger partial charge on any atom is 0.333 e. The molecule has 0 heterocycles. The van der Waals surface area contributed by atoms with Gasteiger partial charge in [-0.1, -0.05) is 18.2 Å². The van der Waals surface area contributed by atoms with E-state index in [2.05, 4.69) is 0 Å². The number of rotatable bonds is 5. The maximum absolute atomic E-state index is 11.1. The van der Waals surface area contributed by atoms with E-state index in [-0.39, 0.29) is 12.1 Å². The van der Waals surface area contributed by atoms with E-state index in [1.165, 1.54) is 0 Å². The van der Waals surface area contributed by atoms with E-state index in [9.17, 15) is 4.79 Å². The van der Waals surface area contributed by atoms with Gasteiger partial charge in [-0.3, -0.25) is 0 Å². The van der Waals surface area contributed by atoms with Crippen LogP contribution in [-0.4, -0.2) is 23.8 Å². The first-order chi connectivity index (χ1) is 6.57. The van der Waals surface area contributed by atoms with E-state index in [1.807, 2.05) is 6.08 Å². The molecule has 1 N–H and O–H groups in total. The minimum absolute atomic E-state index is 0.297. The summed E-state index contributed by atoms with van der Waals surface area (Å²) >= 11 is 0. The van der Waals surface area contributed by atoms with Gasteiger partial charge in [-0.05, 0) is 27.2 Å². The van der Waals surface area contributed by atoms with Gasteiger partial charge < -0.3 is 9.84 Å². The highest BCUT2D eigenvalue weighted by Gasteiger charge is 2.01. The van der Waals surface area contributed by atoms with Gasteiger partial charge in [0.1, 0.15) is 0 Å². The Morgan fingerprint density at radius 1 is 1.57 bits per heavy atom. The van der Waals surface area contributed by atoms with E-state index < -0.39 is 0 Å². The van der Waals surface area contributed by atoms with Gasteiger partial charge >= 0.3 is 5.97 Å². The van der Waals surface area contributed by atoms with Crippen LogP contribution in [0.2, 0.25) is 0 Å². The second-order valence-corrected chi connectivity index (χ2v) is 3.08. The van der Waals surface area contributed by atoms with E-state index >= 15 is 0 Å². The first-order valence-electron chi connectivity index (χ1n) is 4.76. The number of carbonyl (C=O) groups excluding carboxylic acids is 1. The van der Waals surface area contributed by atoms with Crippen LogP contribution in [0.15, 0.2) is 23.8 Å². The predicted molar refractivity (Wildman–Crippen MR) is 55.8 cm³/mol. The van der Waals surface area contributed by atoms with E-state index in [4.69, 9.17) is 9.84 Å². The molecule has 0 fully saturated rings. The molecule has 3 nitrogen and oxygen atoms in total. The van der Waals surface area contributed by atoms with Crippen molar-refractivity contribution in [3.8, 4) is 0 Å². The maximum atomic E-state index is 11.1. The summed E-state index contributed by atoms with van der Waals surface area (Å²) < 4.78 is 4.79. The fraction of sp³-hybridized carbons (Fsp3) is 0.545. The van der Waals surface area contributed by atoms with Crippen LogP contribution >= 0.6 is 0 Å². The van der Waals surface area contributed by atoms with Crippen molar-refractivity contribution in [1.82, 2.24) is 0 Å². The first kappa shape index (κ1) is 12.9. The van der Waals surface area contributed by atoms with Crippen LogP contribution in [-0.2, 0) is 9.53 Å². The van der Waals surface area contributed by atoms with Gasteiger partial charge in [0.05, 0.1) is 12.7 Å². The Morgan fingerprint density at radius 2 is 2.21 bits per heavy atom. The molecule has 14 heavy (non-hydrogen) atoms. The fourth-order valence-electron chi connectivity index (χ4n) is 0.801. The summed E-state index contributed by atoms with van der Waals surface area (Å²) in [6.45, 7) is 5.58. The quantitative estimate of drug-likeness (QED) is 0.416. The number of hydrogen-bond donors (Lipinski definition) is 1. The highest BCUT2D eigenvalue weighted by Crippen LogP contribution is 1.98. The third kappa shape index (κ3) is 6.43. The van der Waals surface area contributed by atoms with Crippen molar-refractivity contribution >= 4 is 5.97 Å². The summed E-state index contributed by atoms with van der Waals surface area (Å²) in [5.74, 6) is -0.297. The minimum atomic E-state index is -0.345. The normalized spacial score (nSPS) is 14.4. The topological polar surface area (TPSA) is 46.5 Å². The zero-order valence-corrected chi connectivity index (χ0v) is 8.99. The second kappa shape index (κ2) is 7.33. The molecule has 0 radical (unpaired) electrons. The number of carbonyl (C=O) groups is 1. The lowest BCUT2D eigenvalue weighted by Gasteiger charge is -1.99. The molecule has 0 unspecified atom stereocenters. The lowest BCUT2D eigenvalue weighted by Crippen LogP contribution is -2.04. The minimum Gasteiger partial charge on any atom is -0.463 e. The molecular weight excluding hydrogens is 180 g/mol. The summed E-state index contributed by atoms with van der Waals surface area (Å²) in [5.41, 5.74) is 0.564. The van der Waals surface area contributed by atoms with Crippen molar-refractivity contribution in [3.63, 3.8) is 0 Å². The molecule has 0 saturated heterocycles. The van der Waals surface area contributed by atoms with Crippen molar-refractivity contribution < 1.29 is 14.6 Å². The van der Waals surface area contributed by atoms with E-state index in [1.54, 1.807) is 32.9 Å². The van der Waals surface area contributed by atoms with Crippen molar-refractivity contribution in [1.29, 1.82) is 0 Å². The lowest BCUT2D eigenvalue weighted by atomic mass is 10.2. The lowest BCUT2D eigenvalue weighted by molar-refractivity contribution is -0.138. The number of aliphatic hydroxyl groups excluding tert-OH is 1. The van der Waals surface area contributed by atoms with Gasteiger partial charge in [0, 0.05) is 5.57 Å². The molecule has 1 atom stereocenters. The summed E-state index contributed by atoms with van der Waals surface area (Å²) in [5, 5.41) is 8.95. The Hall–Kier alpha value is -1.09. The van der Waals surface area contributed by atoms with Gasteiger partial charge in [-0.2, -0.15) is 0 Å². The number of aliphatic hydroxyl groups is 1. The molecule has 0 aliphatic rings. The zero-order chi connectivity index (χ0) is 11.0. The Bertz CT molecular complexity index is 227. The van der Waals surface area contributed by atoms with Crippen LogP contribution in [0, 0.1) is 0 Å². The van der Waals surface area contributed by atoms with E-state index in [0.717, 1.165) is 0 Å². The molecule has 0 saturated carbocycles. The van der Waals surface area contributed by atoms with E-state index in [0.29, 0.717) is 18.6 Å². The van der Waals surface area contributed by atoms with Crippen LogP contribution in [0.4, 0.5) is 0 Å². The zero-order valence-electron chi connectivity index (χ0n) is 8.99. The fourth-order valence-corrected chi connectivity index (χ4v) is 0.801. The van der Waals surface area contributed by atoms with Crippen molar-refractivity contribution in [2.45, 2.75) is 33.3 Å². The summed E-state index contributed by atoms with van der Waals surface area (Å²) in [7, 11) is 0. The van der Waals surface area contributed by atoms with Gasteiger partial charge in [0.25, 0.3) is 0 Å². The van der Waals surface area contributed by atoms with Crippen molar-refractivity contribution in [2.24, 2.45) is 0 Å². The molecule has 0 aliphatic heterocycles. The standard InChI is InChI=1S/C11H18O3/c1-4-14-11(13)9(2)7-5-6-8-10(3)12/h5-7,10,12H,4,8H2,1-3H3/b6-5+,9-7+/t10-/m0/s1. The SMILES string of the molecule is CCOC(=O)/C(C)=C/C=C/C[C@H](C)O. The average Bonchev–Trinajstić information content (AvgIpc) is 2.12. The van der Waals surface area contributed by atoms with Crippen LogP contribution in [0.3, 0.4) is 0 Å². The highest BCUT2D eigenvalue weighted by molar-refractivity contribution is 5.88. The van der Waals surface area contributed by atoms with Crippen LogP contribution in [0.1, 0.15) is 27.2 Å². The summed E-state index contributed by atoms with van der Waals surface area (Å²) in [6.07, 6.45) is 5.49. The first-order valence-corrected chi connectivity index (χ1v) is 4.76. The Labute approximate surface area is 85.1 Å². The molecule has 0 aromatic heterocycles. The largest absolute Gasteiger partial charge is 0.463 e. The Balaban J connectivity index is 3.98. The van der Waals surface area contributed by atoms with Gasteiger partial charge in [-0.15, -0.1) is 0 Å². The number of hydrogen-bond acceptors (Lipinski definition) is 3. The van der Waals surface area contributed by atoms with Gasteiger partial charge in [0.2, 0.25) is 0 Å². The van der Waals surface area contributed by atoms with Gasteiger partial charge in [-0.25, -0.2) is 4.79 Å². The number of esters is 1. The third-order valence-electron chi connectivity index (χ3n) is 1.56. The van der Waals surface area contributed by atoms with Crippen LogP contribution in [0.25, 0.3) is 0 Å². The average molecular weight is 198 g/mol. The molecule has 0 rings (SSSR count). The number of allylic oxidation sites excluding steroid dienone is 2. The molecule has 3 heteroatoms. The molecule has 80 valence electrons. The smallest absolute Gasteiger partial charge is 0.333 e. The Kier molecular flexibility index (Phi) is 6.76.